The second-order valence-electron chi connectivity index (χ2n) is 11.1. The fourth-order valence-corrected chi connectivity index (χ4v) is 6.89. The lowest BCUT2D eigenvalue weighted by Crippen LogP contribution is -2.46. The van der Waals surface area contributed by atoms with Gasteiger partial charge >= 0.3 is 0 Å². The lowest BCUT2D eigenvalue weighted by Gasteiger charge is -2.31. The first kappa shape index (κ1) is 29.8. The number of amides is 4. The minimum absolute atomic E-state index is 0.0209. The van der Waals surface area contributed by atoms with Gasteiger partial charge in [0, 0.05) is 29.8 Å². The molecule has 1 aliphatic heterocycles. The van der Waals surface area contributed by atoms with E-state index in [0.29, 0.717) is 35.9 Å². The van der Waals surface area contributed by atoms with E-state index in [4.69, 9.17) is 0 Å². The molecule has 0 saturated heterocycles. The van der Waals surface area contributed by atoms with Crippen molar-refractivity contribution < 1.29 is 19.2 Å². The molecule has 2 aliphatic rings. The van der Waals surface area contributed by atoms with E-state index in [1.807, 2.05) is 44.2 Å². The van der Waals surface area contributed by atoms with Crippen LogP contribution in [0.3, 0.4) is 0 Å². The quantitative estimate of drug-likeness (QED) is 0.412. The summed E-state index contributed by atoms with van der Waals surface area (Å²) in [5.41, 5.74) is 1.55. The lowest BCUT2D eigenvalue weighted by atomic mass is 9.84. The Morgan fingerprint density at radius 2 is 1.64 bits per heavy atom. The van der Waals surface area contributed by atoms with E-state index >= 15 is 0 Å². The number of hydrogen-bond acceptors (Lipinski definition) is 8. The lowest BCUT2D eigenvalue weighted by molar-refractivity contribution is -0.141. The maximum atomic E-state index is 13.4. The summed E-state index contributed by atoms with van der Waals surface area (Å²) in [6, 6.07) is 8.90. The van der Waals surface area contributed by atoms with Crippen LogP contribution in [0.15, 0.2) is 41.1 Å². The molecule has 3 aromatic rings. The number of hydrogen-bond donors (Lipinski definition) is 3. The molecule has 0 unspecified atom stereocenters. The highest BCUT2D eigenvalue weighted by molar-refractivity contribution is 7.10. The van der Waals surface area contributed by atoms with E-state index in [2.05, 4.69) is 25.9 Å². The van der Waals surface area contributed by atoms with Crippen LogP contribution >= 0.6 is 22.7 Å². The van der Waals surface area contributed by atoms with Crippen molar-refractivity contribution in [2.75, 3.05) is 19.6 Å². The van der Waals surface area contributed by atoms with Crippen molar-refractivity contribution in [2.45, 2.75) is 58.0 Å². The minimum atomic E-state index is -0.476. The SMILES string of the molecule is CC(C)[C@@H]1NC(=O)c2csc(n2)[C@H](Cc2ccccc2)NC(=O)CN(C(=O)C2CCC2)CCCNC(=O)c2csc1n2. The van der Waals surface area contributed by atoms with E-state index in [9.17, 15) is 19.2 Å². The summed E-state index contributed by atoms with van der Waals surface area (Å²) in [6.45, 7) is 4.57. The number of aromatic nitrogens is 2. The standard InChI is InChI=1S/C30H36N6O4S2/c1-18(2)25-29-34-22(16-42-29)26(38)31-12-7-13-36(30(40)20-10-6-11-20)15-24(37)32-21(14-19-8-4-3-5-9-19)28-33-23(17-41-28)27(39)35-25/h3-5,8-9,16-18,20-21,25H,6-7,10-15H2,1-2H3,(H,31,38)(H,32,37)(H,35,39)/t21-,25-/m0/s1. The van der Waals surface area contributed by atoms with Crippen molar-refractivity contribution >= 4 is 46.3 Å². The molecule has 1 aliphatic carbocycles. The van der Waals surface area contributed by atoms with Crippen molar-refractivity contribution in [3.05, 3.63) is 68.1 Å². The third-order valence-corrected chi connectivity index (χ3v) is 9.52. The topological polar surface area (TPSA) is 133 Å². The van der Waals surface area contributed by atoms with E-state index < -0.39 is 12.1 Å². The zero-order valence-electron chi connectivity index (χ0n) is 23.8. The highest BCUT2D eigenvalue weighted by Gasteiger charge is 2.31. The van der Waals surface area contributed by atoms with Gasteiger partial charge in [0.2, 0.25) is 11.8 Å². The average Bonchev–Trinajstić information content (AvgIpc) is 3.62. The molecular weight excluding hydrogens is 573 g/mol. The second kappa shape index (κ2) is 13.6. The summed E-state index contributed by atoms with van der Waals surface area (Å²) in [6.07, 6.45) is 3.66. The van der Waals surface area contributed by atoms with E-state index in [1.54, 1.807) is 15.7 Å². The number of nitrogens with one attached hydrogen (secondary N) is 3. The summed E-state index contributed by atoms with van der Waals surface area (Å²) < 4.78 is 0. The summed E-state index contributed by atoms with van der Waals surface area (Å²) >= 11 is 2.65. The van der Waals surface area contributed by atoms with Crippen LogP contribution < -0.4 is 16.0 Å². The van der Waals surface area contributed by atoms with E-state index in [1.165, 1.54) is 22.7 Å². The molecule has 5 rings (SSSR count). The Morgan fingerprint density at radius 1 is 0.952 bits per heavy atom. The van der Waals surface area contributed by atoms with Crippen LogP contribution in [-0.2, 0) is 16.0 Å². The zero-order chi connectivity index (χ0) is 29.6. The third-order valence-electron chi connectivity index (χ3n) is 7.64. The second-order valence-corrected chi connectivity index (χ2v) is 12.9. The van der Waals surface area contributed by atoms with Gasteiger partial charge in [-0.1, -0.05) is 50.6 Å². The van der Waals surface area contributed by atoms with Gasteiger partial charge in [-0.25, -0.2) is 9.97 Å². The fourth-order valence-electron chi connectivity index (χ4n) is 5.02. The van der Waals surface area contributed by atoms with Crippen LogP contribution in [0.4, 0.5) is 0 Å². The molecule has 0 radical (unpaired) electrons. The van der Waals surface area contributed by atoms with Crippen LogP contribution in [0.5, 0.6) is 0 Å². The highest BCUT2D eigenvalue weighted by Crippen LogP contribution is 2.29. The van der Waals surface area contributed by atoms with Crippen LogP contribution in [0.25, 0.3) is 0 Å². The van der Waals surface area contributed by atoms with Gasteiger partial charge in [-0.3, -0.25) is 19.2 Å². The van der Waals surface area contributed by atoms with Gasteiger partial charge in [-0.05, 0) is 37.2 Å². The normalized spacial score (nSPS) is 20.9. The molecular formula is C30H36N6O4S2. The molecule has 2 atom stereocenters. The fraction of sp³-hybridized carbons (Fsp3) is 0.467. The maximum Gasteiger partial charge on any atom is 0.271 e. The number of carbonyl (C=O) groups is 4. The number of thiazole rings is 2. The number of benzene rings is 1. The Hall–Kier alpha value is -3.64. The van der Waals surface area contributed by atoms with E-state index in [-0.39, 0.29) is 53.4 Å². The van der Waals surface area contributed by atoms with Gasteiger partial charge in [0.15, 0.2) is 0 Å². The molecule has 4 bridgehead atoms. The third kappa shape index (κ3) is 7.22. The van der Waals surface area contributed by atoms with Gasteiger partial charge in [-0.15, -0.1) is 22.7 Å². The number of nitrogens with zero attached hydrogens (tertiary/aromatic N) is 3. The Kier molecular flexibility index (Phi) is 9.63. The monoisotopic (exact) mass is 608 g/mol. The van der Waals surface area contributed by atoms with Gasteiger partial charge in [0.05, 0.1) is 18.6 Å². The molecule has 1 fully saturated rings. The molecule has 4 amide bonds. The first-order valence-electron chi connectivity index (χ1n) is 14.4. The van der Waals surface area contributed by atoms with Crippen molar-refractivity contribution in [1.29, 1.82) is 0 Å². The Labute approximate surface area is 253 Å². The highest BCUT2D eigenvalue weighted by atomic mass is 32.1. The molecule has 1 aromatic carbocycles. The molecule has 2 aromatic heterocycles. The zero-order valence-corrected chi connectivity index (χ0v) is 25.4. The molecule has 222 valence electrons. The number of carbonyl (C=O) groups excluding carboxylic acids is 4. The van der Waals surface area contributed by atoms with Gasteiger partial charge in [-0.2, -0.15) is 0 Å². The number of rotatable bonds is 4. The van der Waals surface area contributed by atoms with Crippen molar-refractivity contribution in [3.63, 3.8) is 0 Å². The molecule has 3 N–H and O–H groups in total. The summed E-state index contributed by atoms with van der Waals surface area (Å²) in [5.74, 6) is -1.01. The average molecular weight is 609 g/mol. The van der Waals surface area contributed by atoms with Crippen molar-refractivity contribution in [2.24, 2.45) is 11.8 Å². The Morgan fingerprint density at radius 3 is 2.33 bits per heavy atom. The molecule has 1 saturated carbocycles. The van der Waals surface area contributed by atoms with Gasteiger partial charge in [0.1, 0.15) is 21.4 Å². The van der Waals surface area contributed by atoms with Crippen LogP contribution in [0.2, 0.25) is 0 Å². The smallest absolute Gasteiger partial charge is 0.271 e. The summed E-state index contributed by atoms with van der Waals surface area (Å²) in [5, 5.41) is 13.6. The predicted octanol–water partition coefficient (Wildman–Crippen LogP) is 3.89. The molecule has 42 heavy (non-hydrogen) atoms. The summed E-state index contributed by atoms with van der Waals surface area (Å²) in [7, 11) is 0. The van der Waals surface area contributed by atoms with Gasteiger partial charge in [0.25, 0.3) is 11.8 Å². The van der Waals surface area contributed by atoms with Crippen molar-refractivity contribution in [3.8, 4) is 0 Å². The summed E-state index contributed by atoms with van der Waals surface area (Å²) in [4.78, 5) is 63.5. The first-order valence-corrected chi connectivity index (χ1v) is 16.2. The van der Waals surface area contributed by atoms with Gasteiger partial charge < -0.3 is 20.9 Å². The molecule has 3 heterocycles. The number of fused-ring (bicyclic) bond motifs is 4. The first-order chi connectivity index (χ1) is 20.3. The minimum Gasteiger partial charge on any atom is -0.351 e. The molecule has 0 spiro atoms. The van der Waals surface area contributed by atoms with Crippen molar-refractivity contribution in [1.82, 2.24) is 30.8 Å². The predicted molar refractivity (Wildman–Crippen MR) is 161 cm³/mol. The Bertz CT molecular complexity index is 1420. The van der Waals surface area contributed by atoms with Crippen LogP contribution in [-0.4, -0.2) is 58.1 Å². The van der Waals surface area contributed by atoms with E-state index in [0.717, 1.165) is 24.8 Å². The molecule has 12 heteroatoms. The maximum absolute atomic E-state index is 13.4. The molecule has 10 nitrogen and oxygen atoms in total. The largest absolute Gasteiger partial charge is 0.351 e. The van der Waals surface area contributed by atoms with Crippen LogP contribution in [0, 0.1) is 11.8 Å². The Balaban J connectivity index is 1.44. The van der Waals surface area contributed by atoms with Crippen LogP contribution in [0.1, 0.15) is 88.2 Å².